The van der Waals surface area contributed by atoms with Crippen molar-refractivity contribution in [2.45, 2.75) is 0 Å². The van der Waals surface area contributed by atoms with Crippen LogP contribution in [-0.4, -0.2) is 8.76 Å². The fraction of sp³-hybridized carbons (Fsp3) is 0. The summed E-state index contributed by atoms with van der Waals surface area (Å²) in [6.07, 6.45) is 0. The van der Waals surface area contributed by atoms with Crippen molar-refractivity contribution in [1.29, 1.82) is 0 Å². The van der Waals surface area contributed by atoms with Gasteiger partial charge in [-0.2, -0.15) is 0 Å². The third kappa shape index (κ3) is 2.64. The van der Waals surface area contributed by atoms with E-state index >= 15 is 0 Å². The first-order valence-electron chi connectivity index (χ1n) is 2.82. The Kier molecular flexibility index (Phi) is 3.34. The second-order valence-electron chi connectivity index (χ2n) is 1.86. The standard InChI is InChI=1S/C6H4Cl2O3S/c7-5-2-1-4(3-6(5)8)11-12(9)10/h1-3H,(H,9,10)/p-1. The van der Waals surface area contributed by atoms with Crippen molar-refractivity contribution in [2.75, 3.05) is 0 Å². The molecule has 0 radical (unpaired) electrons. The molecule has 0 bridgehead atoms. The summed E-state index contributed by atoms with van der Waals surface area (Å²) in [7, 11) is 0. The molecule has 0 spiro atoms. The van der Waals surface area contributed by atoms with Crippen molar-refractivity contribution in [2.24, 2.45) is 0 Å². The normalized spacial score (nSPS) is 12.6. The fourth-order valence-electron chi connectivity index (χ4n) is 0.607. The Bertz CT molecular complexity index is 316. The summed E-state index contributed by atoms with van der Waals surface area (Å²) < 4.78 is 24.5. The van der Waals surface area contributed by atoms with Crippen LogP contribution in [0.4, 0.5) is 0 Å². The summed E-state index contributed by atoms with van der Waals surface area (Å²) >= 11 is 8.58. The molecule has 1 aromatic rings. The molecule has 0 aromatic heterocycles. The highest BCUT2D eigenvalue weighted by Gasteiger charge is 1.99. The van der Waals surface area contributed by atoms with Gasteiger partial charge in [-0.15, -0.1) is 0 Å². The summed E-state index contributed by atoms with van der Waals surface area (Å²) in [4.78, 5) is 0. The van der Waals surface area contributed by atoms with E-state index < -0.39 is 11.4 Å². The third-order valence-corrected chi connectivity index (χ3v) is 2.12. The first kappa shape index (κ1) is 9.80. The molecule has 0 saturated heterocycles. The molecule has 0 N–H and O–H groups in total. The van der Waals surface area contributed by atoms with Gasteiger partial charge in [0.2, 0.25) is 0 Å². The summed E-state index contributed by atoms with van der Waals surface area (Å²) in [6.45, 7) is 0. The Morgan fingerprint density at radius 3 is 2.50 bits per heavy atom. The predicted octanol–water partition coefficient (Wildman–Crippen LogP) is 2.17. The topological polar surface area (TPSA) is 49.4 Å². The number of benzene rings is 1. The van der Waals surface area contributed by atoms with Gasteiger partial charge in [-0.1, -0.05) is 23.2 Å². The molecule has 0 aliphatic carbocycles. The molecule has 12 heavy (non-hydrogen) atoms. The van der Waals surface area contributed by atoms with Crippen LogP contribution in [0.2, 0.25) is 10.0 Å². The maximum atomic E-state index is 10.1. The van der Waals surface area contributed by atoms with E-state index in [4.69, 9.17) is 23.2 Å². The van der Waals surface area contributed by atoms with Gasteiger partial charge < -0.3 is 8.74 Å². The van der Waals surface area contributed by atoms with Crippen LogP contribution in [0.1, 0.15) is 0 Å². The Hall–Kier alpha value is -0.290. The van der Waals surface area contributed by atoms with E-state index in [1.165, 1.54) is 18.2 Å². The van der Waals surface area contributed by atoms with Crippen LogP contribution >= 0.6 is 23.2 Å². The van der Waals surface area contributed by atoms with Gasteiger partial charge >= 0.3 is 0 Å². The van der Waals surface area contributed by atoms with E-state index in [2.05, 4.69) is 4.18 Å². The van der Waals surface area contributed by atoms with Crippen molar-refractivity contribution in [3.63, 3.8) is 0 Å². The van der Waals surface area contributed by atoms with Gasteiger partial charge in [-0.3, -0.25) is 0 Å². The molecule has 1 unspecified atom stereocenters. The molecular formula is C6H3Cl2O3S-. The van der Waals surface area contributed by atoms with Gasteiger partial charge in [0.25, 0.3) is 0 Å². The summed E-state index contributed by atoms with van der Waals surface area (Å²) in [5.41, 5.74) is 0. The first-order valence-corrected chi connectivity index (χ1v) is 4.58. The molecule has 1 atom stereocenters. The highest BCUT2D eigenvalue weighted by molar-refractivity contribution is 7.74. The third-order valence-electron chi connectivity index (χ3n) is 1.06. The number of rotatable bonds is 2. The maximum Gasteiger partial charge on any atom is 0.140 e. The van der Waals surface area contributed by atoms with E-state index in [1.54, 1.807) is 0 Å². The van der Waals surface area contributed by atoms with E-state index in [1.807, 2.05) is 0 Å². The lowest BCUT2D eigenvalue weighted by Gasteiger charge is -2.06. The minimum Gasteiger partial charge on any atom is -0.740 e. The molecule has 0 aliphatic heterocycles. The molecule has 0 heterocycles. The van der Waals surface area contributed by atoms with Gasteiger partial charge in [0.15, 0.2) is 0 Å². The summed E-state index contributed by atoms with van der Waals surface area (Å²) in [5.74, 6) is 0.137. The van der Waals surface area contributed by atoms with E-state index in [9.17, 15) is 8.76 Å². The van der Waals surface area contributed by atoms with Crippen molar-refractivity contribution in [3.8, 4) is 5.75 Å². The van der Waals surface area contributed by atoms with Gasteiger partial charge in [0.1, 0.15) is 17.1 Å². The molecular weight excluding hydrogens is 223 g/mol. The van der Waals surface area contributed by atoms with Crippen LogP contribution < -0.4 is 4.18 Å². The summed E-state index contributed by atoms with van der Waals surface area (Å²) in [5, 5.41) is 0.598. The van der Waals surface area contributed by atoms with Crippen molar-refractivity contribution < 1.29 is 12.9 Å². The first-order chi connectivity index (χ1) is 5.59. The Morgan fingerprint density at radius 2 is 2.00 bits per heavy atom. The van der Waals surface area contributed by atoms with Gasteiger partial charge in [-0.05, 0) is 12.1 Å². The maximum absolute atomic E-state index is 10.1. The van der Waals surface area contributed by atoms with E-state index in [0.29, 0.717) is 5.02 Å². The lowest BCUT2D eigenvalue weighted by atomic mass is 10.3. The minimum absolute atomic E-state index is 0.137. The second-order valence-corrected chi connectivity index (χ2v) is 3.25. The zero-order valence-electron chi connectivity index (χ0n) is 5.62. The highest BCUT2D eigenvalue weighted by atomic mass is 35.5. The smallest absolute Gasteiger partial charge is 0.140 e. The Balaban J connectivity index is 2.89. The van der Waals surface area contributed by atoms with Gasteiger partial charge in [0, 0.05) is 6.07 Å². The SMILES string of the molecule is O=S([O-])Oc1ccc(Cl)c(Cl)c1. The van der Waals surface area contributed by atoms with E-state index in [-0.39, 0.29) is 10.8 Å². The highest BCUT2D eigenvalue weighted by Crippen LogP contribution is 2.26. The Morgan fingerprint density at radius 1 is 1.33 bits per heavy atom. The average molecular weight is 226 g/mol. The van der Waals surface area contributed by atoms with Crippen LogP contribution in [0.15, 0.2) is 18.2 Å². The second kappa shape index (κ2) is 4.09. The van der Waals surface area contributed by atoms with Crippen LogP contribution in [0.3, 0.4) is 0 Å². The molecule has 1 aromatic carbocycles. The number of halogens is 2. The van der Waals surface area contributed by atoms with Crippen LogP contribution in [-0.2, 0) is 11.4 Å². The zero-order chi connectivity index (χ0) is 9.14. The van der Waals surface area contributed by atoms with Crippen LogP contribution in [0.5, 0.6) is 5.75 Å². The van der Waals surface area contributed by atoms with Gasteiger partial charge in [0.05, 0.1) is 10.0 Å². The fourth-order valence-corrected chi connectivity index (χ4v) is 1.16. The lowest BCUT2D eigenvalue weighted by Crippen LogP contribution is -1.97. The monoisotopic (exact) mass is 225 g/mol. The molecule has 1 rings (SSSR count). The largest absolute Gasteiger partial charge is 0.740 e. The van der Waals surface area contributed by atoms with Gasteiger partial charge in [-0.25, -0.2) is 4.21 Å². The molecule has 3 nitrogen and oxygen atoms in total. The molecule has 0 saturated carbocycles. The molecule has 0 fully saturated rings. The minimum atomic E-state index is -2.58. The molecule has 6 heteroatoms. The summed E-state index contributed by atoms with van der Waals surface area (Å²) in [6, 6.07) is 4.18. The molecule has 0 amide bonds. The van der Waals surface area contributed by atoms with Crippen LogP contribution in [0.25, 0.3) is 0 Å². The van der Waals surface area contributed by atoms with Crippen molar-refractivity contribution in [1.82, 2.24) is 0 Å². The Labute approximate surface area is 81.7 Å². The quantitative estimate of drug-likeness (QED) is 0.726. The predicted molar refractivity (Wildman–Crippen MR) is 46.0 cm³/mol. The average Bonchev–Trinajstić information content (AvgIpc) is 1.96. The molecule has 66 valence electrons. The zero-order valence-corrected chi connectivity index (χ0v) is 7.95. The van der Waals surface area contributed by atoms with Crippen LogP contribution in [0, 0.1) is 0 Å². The number of hydrogen-bond acceptors (Lipinski definition) is 3. The molecule has 0 aliphatic rings. The lowest BCUT2D eigenvalue weighted by molar-refractivity contribution is 0.440. The van der Waals surface area contributed by atoms with Crippen molar-refractivity contribution in [3.05, 3.63) is 28.2 Å². The number of hydrogen-bond donors (Lipinski definition) is 0. The van der Waals surface area contributed by atoms with Crippen molar-refractivity contribution >= 4 is 34.6 Å². The van der Waals surface area contributed by atoms with E-state index in [0.717, 1.165) is 0 Å².